The van der Waals surface area contributed by atoms with Crippen LogP contribution in [0.2, 0.25) is 0 Å². The molecule has 2 aromatic carbocycles. The summed E-state index contributed by atoms with van der Waals surface area (Å²) < 4.78 is 0. The fourth-order valence-electron chi connectivity index (χ4n) is 3.98. The third-order valence-electron chi connectivity index (χ3n) is 5.49. The van der Waals surface area contributed by atoms with Gasteiger partial charge in [0.1, 0.15) is 0 Å². The summed E-state index contributed by atoms with van der Waals surface area (Å²) in [6.07, 6.45) is 4.14. The molecule has 1 heterocycles. The lowest BCUT2D eigenvalue weighted by molar-refractivity contribution is -0.385. The summed E-state index contributed by atoms with van der Waals surface area (Å²) in [5, 5.41) is 14.9. The number of rotatable bonds is 4. The number of nitro groups is 1. The number of carbonyl (C=O) groups excluding carboxylic acids is 2. The molecule has 0 aromatic heterocycles. The molecule has 6 nitrogen and oxygen atoms in total. The van der Waals surface area contributed by atoms with Gasteiger partial charge in [0.05, 0.1) is 10.5 Å². The number of hydrogen-bond donors (Lipinski definition) is 1. The van der Waals surface area contributed by atoms with Gasteiger partial charge in [-0.25, -0.2) is 0 Å². The Morgan fingerprint density at radius 2 is 1.68 bits per heavy atom. The second-order valence-electron chi connectivity index (χ2n) is 7.30. The normalized spacial score (nSPS) is 16.9. The van der Waals surface area contributed by atoms with Gasteiger partial charge >= 0.3 is 0 Å². The second-order valence-corrected chi connectivity index (χ2v) is 7.30. The molecule has 0 amide bonds. The van der Waals surface area contributed by atoms with E-state index in [0.29, 0.717) is 34.6 Å². The first-order valence-electron chi connectivity index (χ1n) is 9.43. The van der Waals surface area contributed by atoms with Crippen LogP contribution in [0.25, 0.3) is 6.08 Å². The van der Waals surface area contributed by atoms with Crippen LogP contribution in [0, 0.1) is 16.0 Å². The van der Waals surface area contributed by atoms with Gasteiger partial charge in [-0.05, 0) is 49.9 Å². The van der Waals surface area contributed by atoms with Crippen LogP contribution in [0.3, 0.4) is 0 Å². The standard InChI is InChI=1S/C22H20N2O4/c25-21-17-3-1-2-4-18(17)22(26)19(21)12-15-5-6-16(20(13-15)24(27)28)11-14-7-9-23-10-8-14/h1-6,12-14,23H,7-11H2. The lowest BCUT2D eigenvalue weighted by Gasteiger charge is -2.22. The zero-order valence-electron chi connectivity index (χ0n) is 15.3. The van der Waals surface area contributed by atoms with E-state index in [1.54, 1.807) is 36.4 Å². The number of fused-ring (bicyclic) bond motifs is 1. The van der Waals surface area contributed by atoms with Crippen molar-refractivity contribution in [2.24, 2.45) is 5.92 Å². The molecule has 0 radical (unpaired) electrons. The highest BCUT2D eigenvalue weighted by Gasteiger charge is 2.32. The molecule has 0 unspecified atom stereocenters. The van der Waals surface area contributed by atoms with E-state index in [0.717, 1.165) is 25.9 Å². The summed E-state index contributed by atoms with van der Waals surface area (Å²) in [5.74, 6) is -0.235. The molecule has 1 saturated heterocycles. The number of Topliss-reactive ketones (excluding diaryl/α,β-unsaturated/α-hetero) is 2. The first-order valence-corrected chi connectivity index (χ1v) is 9.43. The fraction of sp³-hybridized carbons (Fsp3) is 0.273. The predicted molar refractivity (Wildman–Crippen MR) is 105 cm³/mol. The second kappa shape index (κ2) is 7.48. The van der Waals surface area contributed by atoms with Crippen molar-refractivity contribution in [3.63, 3.8) is 0 Å². The van der Waals surface area contributed by atoms with Crippen molar-refractivity contribution in [2.45, 2.75) is 19.3 Å². The Labute approximate surface area is 162 Å². The molecule has 4 rings (SSSR count). The summed E-state index contributed by atoms with van der Waals surface area (Å²) in [5.41, 5.74) is 2.06. The molecular formula is C22H20N2O4. The minimum Gasteiger partial charge on any atom is -0.317 e. The topological polar surface area (TPSA) is 89.3 Å². The zero-order chi connectivity index (χ0) is 19.7. The zero-order valence-corrected chi connectivity index (χ0v) is 15.3. The molecule has 1 N–H and O–H groups in total. The molecule has 1 aliphatic heterocycles. The quantitative estimate of drug-likeness (QED) is 0.381. The van der Waals surface area contributed by atoms with Crippen molar-refractivity contribution >= 4 is 23.3 Å². The van der Waals surface area contributed by atoms with Gasteiger partial charge in [0, 0.05) is 22.8 Å². The van der Waals surface area contributed by atoms with Gasteiger partial charge in [-0.15, -0.1) is 0 Å². The minimum absolute atomic E-state index is 0.0447. The maximum Gasteiger partial charge on any atom is 0.273 e. The first kappa shape index (κ1) is 18.3. The molecule has 1 aliphatic carbocycles. The smallest absolute Gasteiger partial charge is 0.273 e. The van der Waals surface area contributed by atoms with E-state index in [1.165, 1.54) is 12.1 Å². The van der Waals surface area contributed by atoms with Crippen molar-refractivity contribution < 1.29 is 14.5 Å². The van der Waals surface area contributed by atoms with E-state index in [1.807, 2.05) is 0 Å². The molecule has 0 saturated carbocycles. The Morgan fingerprint density at radius 3 is 2.29 bits per heavy atom. The summed E-state index contributed by atoms with van der Waals surface area (Å²) in [7, 11) is 0. The Morgan fingerprint density at radius 1 is 1.04 bits per heavy atom. The van der Waals surface area contributed by atoms with Crippen LogP contribution in [0.1, 0.15) is 44.7 Å². The van der Waals surface area contributed by atoms with E-state index in [-0.39, 0.29) is 27.8 Å². The van der Waals surface area contributed by atoms with Crippen LogP contribution < -0.4 is 5.32 Å². The van der Waals surface area contributed by atoms with Crippen molar-refractivity contribution in [1.29, 1.82) is 0 Å². The third-order valence-corrected chi connectivity index (χ3v) is 5.49. The summed E-state index contributed by atoms with van der Waals surface area (Å²) in [6.45, 7) is 1.88. The number of allylic oxidation sites excluding steroid dienone is 1. The largest absolute Gasteiger partial charge is 0.317 e. The van der Waals surface area contributed by atoms with Crippen LogP contribution >= 0.6 is 0 Å². The van der Waals surface area contributed by atoms with Crippen LogP contribution in [-0.4, -0.2) is 29.6 Å². The molecular weight excluding hydrogens is 356 g/mol. The molecule has 1 fully saturated rings. The van der Waals surface area contributed by atoms with Gasteiger partial charge in [-0.1, -0.05) is 36.4 Å². The molecule has 2 aromatic rings. The van der Waals surface area contributed by atoms with Gasteiger partial charge in [-0.2, -0.15) is 0 Å². The number of carbonyl (C=O) groups is 2. The number of nitro benzene ring substituents is 1. The molecule has 6 heteroatoms. The Bertz CT molecular complexity index is 966. The van der Waals surface area contributed by atoms with E-state index in [9.17, 15) is 19.7 Å². The van der Waals surface area contributed by atoms with Crippen molar-refractivity contribution in [2.75, 3.05) is 13.1 Å². The van der Waals surface area contributed by atoms with Gasteiger partial charge in [0.25, 0.3) is 5.69 Å². The number of piperidine rings is 1. The number of nitrogens with one attached hydrogen (secondary N) is 1. The molecule has 0 atom stereocenters. The highest BCUT2D eigenvalue weighted by Crippen LogP contribution is 2.30. The van der Waals surface area contributed by atoms with Gasteiger partial charge in [-0.3, -0.25) is 19.7 Å². The summed E-state index contributed by atoms with van der Waals surface area (Å²) in [6, 6.07) is 11.7. The van der Waals surface area contributed by atoms with E-state index in [2.05, 4.69) is 5.32 Å². The third kappa shape index (κ3) is 3.39. The van der Waals surface area contributed by atoms with Crippen LogP contribution in [0.15, 0.2) is 48.0 Å². The van der Waals surface area contributed by atoms with Crippen LogP contribution in [-0.2, 0) is 6.42 Å². The summed E-state index contributed by atoms with van der Waals surface area (Å²) in [4.78, 5) is 36.3. The van der Waals surface area contributed by atoms with Crippen LogP contribution in [0.4, 0.5) is 5.69 Å². The van der Waals surface area contributed by atoms with E-state index >= 15 is 0 Å². The number of hydrogen-bond acceptors (Lipinski definition) is 5. The van der Waals surface area contributed by atoms with E-state index < -0.39 is 0 Å². The monoisotopic (exact) mass is 376 g/mol. The highest BCUT2D eigenvalue weighted by atomic mass is 16.6. The molecule has 0 bridgehead atoms. The Hall–Kier alpha value is -3.12. The minimum atomic E-state index is -0.383. The number of ketones is 2. The van der Waals surface area contributed by atoms with Crippen molar-refractivity contribution in [3.8, 4) is 0 Å². The van der Waals surface area contributed by atoms with Crippen LogP contribution in [0.5, 0.6) is 0 Å². The van der Waals surface area contributed by atoms with Gasteiger partial charge < -0.3 is 5.32 Å². The van der Waals surface area contributed by atoms with Gasteiger partial charge in [0.15, 0.2) is 11.6 Å². The lowest BCUT2D eigenvalue weighted by Crippen LogP contribution is -2.28. The molecule has 2 aliphatic rings. The highest BCUT2D eigenvalue weighted by molar-refractivity contribution is 6.41. The predicted octanol–water partition coefficient (Wildman–Crippen LogP) is 3.60. The SMILES string of the molecule is O=C1C(=Cc2ccc(CC3CCNCC3)c([N+](=O)[O-])c2)C(=O)c2ccccc21. The van der Waals surface area contributed by atoms with Crippen molar-refractivity contribution in [1.82, 2.24) is 5.32 Å². The average molecular weight is 376 g/mol. The maximum absolute atomic E-state index is 12.5. The Kier molecular flexibility index (Phi) is 4.88. The number of nitrogens with zero attached hydrogens (tertiary/aromatic N) is 1. The van der Waals surface area contributed by atoms with Crippen molar-refractivity contribution in [3.05, 3.63) is 80.4 Å². The Balaban J connectivity index is 1.65. The first-order chi connectivity index (χ1) is 13.5. The molecule has 142 valence electrons. The molecule has 28 heavy (non-hydrogen) atoms. The molecule has 0 spiro atoms. The summed E-state index contributed by atoms with van der Waals surface area (Å²) >= 11 is 0. The van der Waals surface area contributed by atoms with Gasteiger partial charge in [0.2, 0.25) is 0 Å². The number of benzene rings is 2. The fourth-order valence-corrected chi connectivity index (χ4v) is 3.98. The lowest BCUT2D eigenvalue weighted by atomic mass is 9.90. The average Bonchev–Trinajstić information content (AvgIpc) is 2.95. The van der Waals surface area contributed by atoms with E-state index in [4.69, 9.17) is 0 Å². The maximum atomic E-state index is 12.5.